The summed E-state index contributed by atoms with van der Waals surface area (Å²) in [5, 5.41) is 31.8. The number of allylic oxidation sites excluding steroid dienone is 2. The fourth-order valence-electron chi connectivity index (χ4n) is 4.45. The van der Waals surface area contributed by atoms with Gasteiger partial charge in [-0.25, -0.2) is 4.39 Å². The molecule has 0 bridgehead atoms. The molecule has 2 atom stereocenters. The van der Waals surface area contributed by atoms with Crippen molar-refractivity contribution in [1.29, 1.82) is 0 Å². The van der Waals surface area contributed by atoms with Crippen molar-refractivity contribution in [2.75, 3.05) is 0 Å². The highest BCUT2D eigenvalue weighted by molar-refractivity contribution is 5.52. The molecule has 0 saturated heterocycles. The van der Waals surface area contributed by atoms with Crippen LogP contribution in [0.15, 0.2) is 17.7 Å². The number of hydrogen-bond acceptors (Lipinski definition) is 3. The number of phenolic OH excluding ortho intramolecular Hbond substituents is 2. The average molecular weight is 393 g/mol. The Labute approximate surface area is 169 Å². The van der Waals surface area contributed by atoms with Crippen LogP contribution >= 0.6 is 0 Å². The third-order valence-electron chi connectivity index (χ3n) is 6.12. The zero-order chi connectivity index (χ0) is 20.9. The molecule has 1 aromatic carbocycles. The van der Waals surface area contributed by atoms with Gasteiger partial charge in [0.05, 0.1) is 5.60 Å². The number of rotatable bonds is 9. The highest BCUT2D eigenvalue weighted by atomic mass is 19.1. The second kappa shape index (κ2) is 9.78. The van der Waals surface area contributed by atoms with Gasteiger partial charge in [-0.1, -0.05) is 50.7 Å². The molecule has 0 fully saturated rings. The first-order valence-corrected chi connectivity index (χ1v) is 10.8. The van der Waals surface area contributed by atoms with Gasteiger partial charge >= 0.3 is 0 Å². The molecule has 0 saturated carbocycles. The first-order chi connectivity index (χ1) is 13.2. The van der Waals surface area contributed by atoms with Gasteiger partial charge in [0, 0.05) is 11.5 Å². The van der Waals surface area contributed by atoms with Crippen LogP contribution in [0.4, 0.5) is 4.39 Å². The van der Waals surface area contributed by atoms with Crippen molar-refractivity contribution in [3.63, 3.8) is 0 Å². The van der Waals surface area contributed by atoms with E-state index in [-0.39, 0.29) is 17.2 Å². The minimum absolute atomic E-state index is 0.0786. The van der Waals surface area contributed by atoms with Crippen LogP contribution < -0.4 is 0 Å². The van der Waals surface area contributed by atoms with Gasteiger partial charge in [-0.15, -0.1) is 0 Å². The smallest absolute Gasteiger partial charge is 0.168 e. The minimum Gasteiger partial charge on any atom is -0.507 e. The van der Waals surface area contributed by atoms with Crippen molar-refractivity contribution in [3.8, 4) is 11.5 Å². The van der Waals surface area contributed by atoms with Crippen LogP contribution in [0.2, 0.25) is 0 Å². The van der Waals surface area contributed by atoms with Gasteiger partial charge in [0.2, 0.25) is 0 Å². The molecule has 2 unspecified atom stereocenters. The quantitative estimate of drug-likeness (QED) is 0.339. The van der Waals surface area contributed by atoms with Crippen LogP contribution in [0.25, 0.3) is 0 Å². The van der Waals surface area contributed by atoms with Gasteiger partial charge in [-0.05, 0) is 64.0 Å². The summed E-state index contributed by atoms with van der Waals surface area (Å²) in [5.74, 6) is -1.79. The standard InChI is InChI=1S/C24H37FO3/c1-5-6-7-8-9-10-11-17-15-20(26)21(23(27)22(17)25)18-14-16(2)12-13-19(18)24(3,4)28/h14-15,18-19,26-28H,5-13H2,1-4H3. The zero-order valence-electron chi connectivity index (χ0n) is 17.9. The van der Waals surface area contributed by atoms with Crippen molar-refractivity contribution in [2.45, 2.75) is 97.0 Å². The van der Waals surface area contributed by atoms with E-state index in [0.29, 0.717) is 12.0 Å². The molecule has 1 aliphatic rings. The number of benzene rings is 1. The van der Waals surface area contributed by atoms with Crippen LogP contribution in [0.1, 0.15) is 96.1 Å². The second-order valence-corrected chi connectivity index (χ2v) is 8.99. The summed E-state index contributed by atoms with van der Waals surface area (Å²) in [6, 6.07) is 1.47. The van der Waals surface area contributed by atoms with E-state index in [1.165, 1.54) is 25.3 Å². The summed E-state index contributed by atoms with van der Waals surface area (Å²) < 4.78 is 14.9. The normalized spacial score (nSPS) is 20.3. The molecule has 0 radical (unpaired) electrons. The molecule has 0 spiro atoms. The lowest BCUT2D eigenvalue weighted by atomic mass is 9.69. The number of hydrogen-bond donors (Lipinski definition) is 3. The Morgan fingerprint density at radius 3 is 2.39 bits per heavy atom. The van der Waals surface area contributed by atoms with E-state index in [0.717, 1.165) is 37.7 Å². The lowest BCUT2D eigenvalue weighted by Crippen LogP contribution is -2.36. The fourth-order valence-corrected chi connectivity index (χ4v) is 4.45. The Morgan fingerprint density at radius 1 is 1.11 bits per heavy atom. The van der Waals surface area contributed by atoms with Crippen molar-refractivity contribution in [3.05, 3.63) is 34.7 Å². The zero-order valence-corrected chi connectivity index (χ0v) is 17.9. The Bertz CT molecular complexity index is 688. The van der Waals surface area contributed by atoms with Crippen LogP contribution in [-0.2, 0) is 6.42 Å². The lowest BCUT2D eigenvalue weighted by molar-refractivity contribution is 0.00414. The van der Waals surface area contributed by atoms with E-state index in [1.807, 2.05) is 13.0 Å². The molecular weight excluding hydrogens is 355 g/mol. The number of aromatic hydroxyl groups is 2. The number of phenols is 2. The maximum Gasteiger partial charge on any atom is 0.168 e. The van der Waals surface area contributed by atoms with Crippen molar-refractivity contribution in [2.24, 2.45) is 5.92 Å². The van der Waals surface area contributed by atoms with Crippen molar-refractivity contribution in [1.82, 2.24) is 0 Å². The largest absolute Gasteiger partial charge is 0.507 e. The summed E-state index contributed by atoms with van der Waals surface area (Å²) in [6.07, 6.45) is 10.6. The first-order valence-electron chi connectivity index (χ1n) is 10.8. The van der Waals surface area contributed by atoms with E-state index < -0.39 is 23.1 Å². The van der Waals surface area contributed by atoms with E-state index in [2.05, 4.69) is 6.92 Å². The summed E-state index contributed by atoms with van der Waals surface area (Å²) in [4.78, 5) is 0. The van der Waals surface area contributed by atoms with Crippen LogP contribution in [0, 0.1) is 11.7 Å². The Balaban J connectivity index is 2.24. The molecular formula is C24H37FO3. The highest BCUT2D eigenvalue weighted by Gasteiger charge is 2.38. The van der Waals surface area contributed by atoms with Crippen molar-refractivity contribution < 1.29 is 19.7 Å². The summed E-state index contributed by atoms with van der Waals surface area (Å²) in [6.45, 7) is 7.63. The molecule has 3 N–H and O–H groups in total. The van der Waals surface area contributed by atoms with Gasteiger partial charge in [0.25, 0.3) is 0 Å². The predicted molar refractivity (Wildman–Crippen MR) is 112 cm³/mol. The van der Waals surface area contributed by atoms with Crippen LogP contribution in [0.5, 0.6) is 11.5 Å². The van der Waals surface area contributed by atoms with Gasteiger partial charge in [-0.3, -0.25) is 0 Å². The molecule has 28 heavy (non-hydrogen) atoms. The topological polar surface area (TPSA) is 60.7 Å². The molecule has 3 nitrogen and oxygen atoms in total. The van der Waals surface area contributed by atoms with E-state index in [4.69, 9.17) is 0 Å². The minimum atomic E-state index is -0.992. The lowest BCUT2D eigenvalue weighted by Gasteiger charge is -2.38. The molecule has 0 aliphatic heterocycles. The summed E-state index contributed by atoms with van der Waals surface area (Å²) in [7, 11) is 0. The van der Waals surface area contributed by atoms with Gasteiger partial charge < -0.3 is 15.3 Å². The second-order valence-electron chi connectivity index (χ2n) is 8.99. The summed E-state index contributed by atoms with van der Waals surface area (Å²) >= 11 is 0. The highest BCUT2D eigenvalue weighted by Crippen LogP contribution is 2.48. The molecule has 1 aliphatic carbocycles. The van der Waals surface area contributed by atoms with E-state index in [1.54, 1.807) is 13.8 Å². The number of halogens is 1. The average Bonchev–Trinajstić information content (AvgIpc) is 2.61. The first kappa shape index (κ1) is 22.7. The molecule has 4 heteroatoms. The Kier molecular flexibility index (Phi) is 7.94. The van der Waals surface area contributed by atoms with Crippen LogP contribution in [0.3, 0.4) is 0 Å². The van der Waals surface area contributed by atoms with Gasteiger partial charge in [-0.2, -0.15) is 0 Å². The molecule has 158 valence electrons. The maximum atomic E-state index is 14.9. The fraction of sp³-hybridized carbons (Fsp3) is 0.667. The number of unbranched alkanes of at least 4 members (excludes halogenated alkanes) is 5. The predicted octanol–water partition coefficient (Wildman–Crippen LogP) is 6.35. The Hall–Kier alpha value is -1.55. The molecule has 0 aromatic heterocycles. The molecule has 0 heterocycles. The van der Waals surface area contributed by atoms with E-state index >= 15 is 0 Å². The Morgan fingerprint density at radius 2 is 1.75 bits per heavy atom. The SMILES string of the molecule is CCCCCCCCc1cc(O)c(C2C=C(C)CCC2C(C)(C)O)c(O)c1F. The summed E-state index contributed by atoms with van der Waals surface area (Å²) in [5.41, 5.74) is 0.704. The van der Waals surface area contributed by atoms with Crippen molar-refractivity contribution >= 4 is 0 Å². The third-order valence-corrected chi connectivity index (χ3v) is 6.12. The van der Waals surface area contributed by atoms with Crippen LogP contribution in [-0.4, -0.2) is 20.9 Å². The number of aryl methyl sites for hydroxylation is 1. The van der Waals surface area contributed by atoms with E-state index in [9.17, 15) is 19.7 Å². The monoisotopic (exact) mass is 392 g/mol. The molecule has 1 aromatic rings. The van der Waals surface area contributed by atoms with Gasteiger partial charge in [0.15, 0.2) is 11.6 Å². The third kappa shape index (κ3) is 5.50. The number of aliphatic hydroxyl groups is 1. The molecule has 2 rings (SSSR count). The van der Waals surface area contributed by atoms with Gasteiger partial charge in [0.1, 0.15) is 5.75 Å². The maximum absolute atomic E-state index is 14.9. The molecule has 0 amide bonds.